The van der Waals surface area contributed by atoms with Crippen LogP contribution < -0.4 is 19.5 Å². The van der Waals surface area contributed by atoms with Gasteiger partial charge in [0.25, 0.3) is 15.9 Å². The van der Waals surface area contributed by atoms with Crippen molar-refractivity contribution in [3.63, 3.8) is 0 Å². The van der Waals surface area contributed by atoms with E-state index < -0.39 is 16.1 Å². The summed E-state index contributed by atoms with van der Waals surface area (Å²) in [5, 5.41) is 2.72. The second-order valence-corrected chi connectivity index (χ2v) is 9.03. The molecular formula is C24H26N2O5S. The highest BCUT2D eigenvalue weighted by Crippen LogP contribution is 2.27. The van der Waals surface area contributed by atoms with Crippen molar-refractivity contribution in [3.05, 3.63) is 77.9 Å². The van der Waals surface area contributed by atoms with Crippen molar-refractivity contribution in [2.75, 3.05) is 17.1 Å². The van der Waals surface area contributed by atoms with E-state index in [2.05, 4.69) is 10.0 Å². The van der Waals surface area contributed by atoms with Gasteiger partial charge in [-0.3, -0.25) is 9.52 Å². The van der Waals surface area contributed by atoms with Gasteiger partial charge in [0.15, 0.2) is 17.6 Å². The molecular weight excluding hydrogens is 428 g/mol. The van der Waals surface area contributed by atoms with Crippen LogP contribution in [0.2, 0.25) is 0 Å². The van der Waals surface area contributed by atoms with Crippen LogP contribution in [0.3, 0.4) is 0 Å². The number of benzene rings is 3. The number of hydrogen-bond donors (Lipinski definition) is 2. The molecule has 0 aliphatic carbocycles. The fourth-order valence-corrected chi connectivity index (χ4v) is 4.09. The third-order valence-electron chi connectivity index (χ3n) is 4.81. The maximum Gasteiger partial charge on any atom is 0.265 e. The van der Waals surface area contributed by atoms with E-state index in [1.54, 1.807) is 37.3 Å². The number of aryl methyl sites for hydroxylation is 2. The van der Waals surface area contributed by atoms with Crippen molar-refractivity contribution in [2.45, 2.75) is 31.8 Å². The first-order chi connectivity index (χ1) is 15.2. The van der Waals surface area contributed by atoms with Crippen LogP contribution in [0.15, 0.2) is 71.6 Å². The number of nitrogens with one attached hydrogen (secondary N) is 2. The van der Waals surface area contributed by atoms with Crippen molar-refractivity contribution in [3.8, 4) is 11.5 Å². The quantitative estimate of drug-likeness (QED) is 0.522. The average molecular weight is 455 g/mol. The van der Waals surface area contributed by atoms with E-state index in [0.29, 0.717) is 22.9 Å². The zero-order valence-corrected chi connectivity index (χ0v) is 19.2. The Kier molecular flexibility index (Phi) is 7.05. The van der Waals surface area contributed by atoms with Gasteiger partial charge in [0, 0.05) is 5.69 Å². The number of carbonyl (C=O) groups excluding carboxylic acids is 1. The minimum Gasteiger partial charge on any atom is -0.493 e. The lowest BCUT2D eigenvalue weighted by atomic mass is 10.1. The van der Waals surface area contributed by atoms with Crippen LogP contribution in [-0.4, -0.2) is 27.5 Å². The predicted octanol–water partition coefficient (Wildman–Crippen LogP) is 4.52. The van der Waals surface area contributed by atoms with E-state index >= 15 is 0 Å². The average Bonchev–Trinajstić information content (AvgIpc) is 2.76. The molecule has 0 spiro atoms. The number of rotatable bonds is 8. The summed E-state index contributed by atoms with van der Waals surface area (Å²) in [6.07, 6.45) is -0.791. The molecule has 0 saturated heterocycles. The van der Waals surface area contributed by atoms with Crippen molar-refractivity contribution < 1.29 is 22.7 Å². The van der Waals surface area contributed by atoms with E-state index in [-0.39, 0.29) is 10.8 Å². The number of hydrogen-bond acceptors (Lipinski definition) is 5. The molecule has 0 fully saturated rings. The Morgan fingerprint density at radius 3 is 2.25 bits per heavy atom. The Balaban J connectivity index is 1.67. The number of sulfonamides is 1. The van der Waals surface area contributed by atoms with Crippen molar-refractivity contribution >= 4 is 27.3 Å². The molecule has 1 atom stereocenters. The zero-order chi connectivity index (χ0) is 23.3. The second-order valence-electron chi connectivity index (χ2n) is 7.35. The number of carbonyl (C=O) groups is 1. The lowest BCUT2D eigenvalue weighted by Gasteiger charge is -2.17. The predicted molar refractivity (Wildman–Crippen MR) is 125 cm³/mol. The summed E-state index contributed by atoms with van der Waals surface area (Å²) in [4.78, 5) is 12.6. The maximum atomic E-state index is 12.7. The summed E-state index contributed by atoms with van der Waals surface area (Å²) in [5.74, 6) is 0.606. The maximum absolute atomic E-state index is 12.7. The molecule has 32 heavy (non-hydrogen) atoms. The smallest absolute Gasteiger partial charge is 0.265 e. The number of para-hydroxylation sites is 2. The molecule has 0 aliphatic rings. The van der Waals surface area contributed by atoms with Gasteiger partial charge in [-0.05, 0) is 74.4 Å². The Morgan fingerprint density at radius 1 is 0.938 bits per heavy atom. The number of ether oxygens (including phenoxy) is 2. The van der Waals surface area contributed by atoms with Gasteiger partial charge in [-0.2, -0.15) is 0 Å². The summed E-state index contributed by atoms with van der Waals surface area (Å²) in [6, 6.07) is 18.6. The Bertz CT molecular complexity index is 1210. The lowest BCUT2D eigenvalue weighted by molar-refractivity contribution is -0.122. The van der Waals surface area contributed by atoms with Gasteiger partial charge >= 0.3 is 0 Å². The monoisotopic (exact) mass is 454 g/mol. The van der Waals surface area contributed by atoms with E-state index in [1.807, 2.05) is 26.0 Å². The molecule has 0 bridgehead atoms. The standard InChI is InChI=1S/C24H26N2O5S/c1-16-9-10-17(2)21(15-16)26-32(28,29)20-13-11-19(12-14-20)25-24(27)18(3)31-23-8-6-5-7-22(23)30-4/h5-15,18,26H,1-4H3,(H,25,27)/t18-/m0/s1. The lowest BCUT2D eigenvalue weighted by Crippen LogP contribution is -2.30. The first-order valence-corrected chi connectivity index (χ1v) is 11.5. The topological polar surface area (TPSA) is 93.7 Å². The summed E-state index contributed by atoms with van der Waals surface area (Å²) in [5.41, 5.74) is 2.77. The third kappa shape index (κ3) is 5.59. The molecule has 0 unspecified atom stereocenters. The van der Waals surface area contributed by atoms with E-state index in [1.165, 1.54) is 31.4 Å². The van der Waals surface area contributed by atoms with Crippen LogP contribution in [0.25, 0.3) is 0 Å². The summed E-state index contributed by atoms with van der Waals surface area (Å²) in [7, 11) is -2.24. The fraction of sp³-hybridized carbons (Fsp3) is 0.208. The van der Waals surface area contributed by atoms with E-state index in [9.17, 15) is 13.2 Å². The molecule has 2 N–H and O–H groups in total. The molecule has 3 rings (SSSR count). The van der Waals surface area contributed by atoms with Crippen LogP contribution >= 0.6 is 0 Å². The molecule has 8 heteroatoms. The molecule has 0 aliphatic heterocycles. The highest BCUT2D eigenvalue weighted by atomic mass is 32.2. The minimum absolute atomic E-state index is 0.0923. The van der Waals surface area contributed by atoms with E-state index in [0.717, 1.165) is 11.1 Å². The Hall–Kier alpha value is -3.52. The zero-order valence-electron chi connectivity index (χ0n) is 18.4. The molecule has 7 nitrogen and oxygen atoms in total. The first-order valence-electron chi connectivity index (χ1n) is 10.0. The summed E-state index contributed by atoms with van der Waals surface area (Å²) < 4.78 is 39.0. The van der Waals surface area contributed by atoms with Crippen LogP contribution in [0.1, 0.15) is 18.1 Å². The van der Waals surface area contributed by atoms with Crippen LogP contribution in [0, 0.1) is 13.8 Å². The Morgan fingerprint density at radius 2 is 1.59 bits per heavy atom. The summed E-state index contributed by atoms with van der Waals surface area (Å²) in [6.45, 7) is 5.35. The normalized spacial score (nSPS) is 12.0. The molecule has 0 heterocycles. The molecule has 0 aromatic heterocycles. The van der Waals surface area contributed by atoms with Gasteiger partial charge in [0.05, 0.1) is 17.7 Å². The minimum atomic E-state index is -3.76. The third-order valence-corrected chi connectivity index (χ3v) is 6.19. The molecule has 168 valence electrons. The van der Waals surface area contributed by atoms with Crippen molar-refractivity contribution in [2.24, 2.45) is 0 Å². The molecule has 3 aromatic carbocycles. The van der Waals surface area contributed by atoms with E-state index in [4.69, 9.17) is 9.47 Å². The van der Waals surface area contributed by atoms with Crippen LogP contribution in [0.4, 0.5) is 11.4 Å². The molecule has 1 amide bonds. The molecule has 3 aromatic rings. The van der Waals surface area contributed by atoms with Gasteiger partial charge in [-0.15, -0.1) is 0 Å². The highest BCUT2D eigenvalue weighted by Gasteiger charge is 2.18. The molecule has 0 radical (unpaired) electrons. The first kappa shape index (κ1) is 23.1. The number of methoxy groups -OCH3 is 1. The molecule has 0 saturated carbocycles. The van der Waals surface area contributed by atoms with Crippen LogP contribution in [-0.2, 0) is 14.8 Å². The van der Waals surface area contributed by atoms with Crippen molar-refractivity contribution in [1.29, 1.82) is 0 Å². The SMILES string of the molecule is COc1ccccc1O[C@@H](C)C(=O)Nc1ccc(S(=O)(=O)Nc2cc(C)ccc2C)cc1. The van der Waals surface area contributed by atoms with Gasteiger partial charge in [-0.1, -0.05) is 24.3 Å². The second kappa shape index (κ2) is 9.74. The van der Waals surface area contributed by atoms with Crippen LogP contribution in [0.5, 0.6) is 11.5 Å². The fourth-order valence-electron chi connectivity index (χ4n) is 2.97. The van der Waals surface area contributed by atoms with Gasteiger partial charge in [-0.25, -0.2) is 8.42 Å². The van der Waals surface area contributed by atoms with Gasteiger partial charge in [0.1, 0.15) is 0 Å². The summed E-state index contributed by atoms with van der Waals surface area (Å²) >= 11 is 0. The number of anilines is 2. The largest absolute Gasteiger partial charge is 0.493 e. The number of amides is 1. The highest BCUT2D eigenvalue weighted by molar-refractivity contribution is 7.92. The van der Waals surface area contributed by atoms with Gasteiger partial charge in [0.2, 0.25) is 0 Å². The van der Waals surface area contributed by atoms with Gasteiger partial charge < -0.3 is 14.8 Å². The van der Waals surface area contributed by atoms with Crippen molar-refractivity contribution in [1.82, 2.24) is 0 Å². The Labute approximate surface area is 188 Å².